The predicted molar refractivity (Wildman–Crippen MR) is 90.4 cm³/mol. The number of pyridine rings is 1. The first-order valence-electron chi connectivity index (χ1n) is 7.49. The van der Waals surface area contributed by atoms with Crippen LogP contribution < -0.4 is 5.73 Å². The molecule has 0 fully saturated rings. The van der Waals surface area contributed by atoms with E-state index in [9.17, 15) is 9.65 Å². The van der Waals surface area contributed by atoms with E-state index in [1.807, 2.05) is 6.92 Å². The van der Waals surface area contributed by atoms with Crippen molar-refractivity contribution in [3.8, 4) is 23.1 Å². The summed E-state index contributed by atoms with van der Waals surface area (Å²) in [6.45, 7) is 1.81. The van der Waals surface area contributed by atoms with E-state index in [4.69, 9.17) is 10.2 Å². The Morgan fingerprint density at radius 2 is 2.00 bits per heavy atom. The average Bonchev–Trinajstić information content (AvgIpc) is 3.23. The minimum absolute atomic E-state index is 0.0876. The van der Waals surface area contributed by atoms with Gasteiger partial charge in [0.05, 0.1) is 28.6 Å². The highest BCUT2D eigenvalue weighted by Crippen LogP contribution is 2.36. The Bertz CT molecular complexity index is 1120. The molecule has 122 valence electrons. The van der Waals surface area contributed by atoms with Crippen molar-refractivity contribution >= 4 is 16.9 Å². The van der Waals surface area contributed by atoms with Crippen molar-refractivity contribution in [3.05, 3.63) is 59.7 Å². The van der Waals surface area contributed by atoms with Crippen molar-refractivity contribution < 1.29 is 8.81 Å². The lowest BCUT2D eigenvalue weighted by molar-refractivity contribution is 0.583. The number of nitriles is 1. The molecule has 0 spiro atoms. The van der Waals surface area contributed by atoms with Crippen molar-refractivity contribution in [2.75, 3.05) is 5.73 Å². The Kier molecular flexibility index (Phi) is 3.25. The van der Waals surface area contributed by atoms with Gasteiger partial charge in [0.1, 0.15) is 29.0 Å². The van der Waals surface area contributed by atoms with E-state index in [1.54, 1.807) is 28.9 Å². The van der Waals surface area contributed by atoms with Gasteiger partial charge in [0, 0.05) is 0 Å². The van der Waals surface area contributed by atoms with E-state index in [0.717, 1.165) is 0 Å². The Morgan fingerprint density at radius 3 is 2.64 bits per heavy atom. The second-order valence-electron chi connectivity index (χ2n) is 5.51. The number of anilines is 1. The molecule has 0 aliphatic carbocycles. The molecular formula is C18H12FN5O. The van der Waals surface area contributed by atoms with Gasteiger partial charge in [0.25, 0.3) is 0 Å². The summed E-state index contributed by atoms with van der Waals surface area (Å²) in [5.41, 5.74) is 8.59. The van der Waals surface area contributed by atoms with Crippen molar-refractivity contribution in [1.82, 2.24) is 14.8 Å². The van der Waals surface area contributed by atoms with Gasteiger partial charge in [-0.25, -0.2) is 14.1 Å². The number of benzene rings is 1. The summed E-state index contributed by atoms with van der Waals surface area (Å²) in [6, 6.07) is 11.5. The third-order valence-electron chi connectivity index (χ3n) is 3.97. The Balaban J connectivity index is 2.11. The molecule has 0 unspecified atom stereocenters. The number of furan rings is 1. The lowest BCUT2D eigenvalue weighted by Gasteiger charge is -2.08. The fourth-order valence-electron chi connectivity index (χ4n) is 2.88. The molecule has 0 bridgehead atoms. The van der Waals surface area contributed by atoms with Gasteiger partial charge in [-0.2, -0.15) is 10.4 Å². The standard InChI is InChI=1S/C18H12FN5O/c1-10-15-16(14-3-2-8-25-14)13(9-20)17(21)22-18(15)24(23-10)12-6-4-11(19)5-7-12/h2-8H,1H3,(H2,21,22). The number of hydrogen-bond donors (Lipinski definition) is 1. The molecule has 25 heavy (non-hydrogen) atoms. The molecule has 0 saturated heterocycles. The zero-order valence-electron chi connectivity index (χ0n) is 13.2. The molecule has 1 aromatic carbocycles. The zero-order chi connectivity index (χ0) is 17.6. The number of nitrogen functional groups attached to an aromatic ring is 1. The molecule has 7 heteroatoms. The quantitative estimate of drug-likeness (QED) is 0.605. The minimum atomic E-state index is -0.340. The van der Waals surface area contributed by atoms with Crippen molar-refractivity contribution in [2.45, 2.75) is 6.92 Å². The van der Waals surface area contributed by atoms with Gasteiger partial charge >= 0.3 is 0 Å². The molecule has 3 aromatic heterocycles. The number of nitrogens with two attached hydrogens (primary N) is 1. The fourth-order valence-corrected chi connectivity index (χ4v) is 2.88. The first-order chi connectivity index (χ1) is 12.1. The van der Waals surface area contributed by atoms with Crippen LogP contribution >= 0.6 is 0 Å². The number of aryl methyl sites for hydroxylation is 1. The van der Waals surface area contributed by atoms with Gasteiger partial charge in [-0.1, -0.05) is 0 Å². The molecule has 0 atom stereocenters. The van der Waals surface area contributed by atoms with E-state index in [1.165, 1.54) is 18.4 Å². The van der Waals surface area contributed by atoms with Gasteiger partial charge < -0.3 is 10.2 Å². The van der Waals surface area contributed by atoms with Crippen LogP contribution in [0.5, 0.6) is 0 Å². The summed E-state index contributed by atoms with van der Waals surface area (Å²) in [5.74, 6) is 0.259. The van der Waals surface area contributed by atoms with E-state index < -0.39 is 0 Å². The van der Waals surface area contributed by atoms with Crippen molar-refractivity contribution in [2.24, 2.45) is 0 Å². The SMILES string of the molecule is Cc1nn(-c2ccc(F)cc2)c2nc(N)c(C#N)c(-c3ccco3)c12. The van der Waals surface area contributed by atoms with Crippen LogP contribution in [-0.4, -0.2) is 14.8 Å². The minimum Gasteiger partial charge on any atom is -0.464 e. The smallest absolute Gasteiger partial charge is 0.166 e. The lowest BCUT2D eigenvalue weighted by Crippen LogP contribution is -2.02. The number of rotatable bonds is 2. The van der Waals surface area contributed by atoms with E-state index in [2.05, 4.69) is 16.2 Å². The van der Waals surface area contributed by atoms with E-state index in [-0.39, 0.29) is 17.2 Å². The normalized spacial score (nSPS) is 10.9. The Morgan fingerprint density at radius 1 is 1.24 bits per heavy atom. The van der Waals surface area contributed by atoms with Crippen LogP contribution in [0.15, 0.2) is 47.1 Å². The third-order valence-corrected chi connectivity index (χ3v) is 3.97. The molecule has 0 amide bonds. The highest BCUT2D eigenvalue weighted by molar-refractivity contribution is 5.99. The molecule has 6 nitrogen and oxygen atoms in total. The number of fused-ring (bicyclic) bond motifs is 1. The fraction of sp³-hybridized carbons (Fsp3) is 0.0556. The lowest BCUT2D eigenvalue weighted by atomic mass is 10.0. The molecule has 4 aromatic rings. The Labute approximate surface area is 141 Å². The molecule has 4 rings (SSSR count). The predicted octanol–water partition coefficient (Wildman–Crippen LogP) is 3.58. The molecule has 0 aliphatic heterocycles. The summed E-state index contributed by atoms with van der Waals surface area (Å²) in [5, 5.41) is 14.7. The van der Waals surface area contributed by atoms with Crippen LogP contribution in [0.25, 0.3) is 28.0 Å². The number of hydrogen-bond acceptors (Lipinski definition) is 5. The zero-order valence-corrected chi connectivity index (χ0v) is 13.2. The van der Waals surface area contributed by atoms with E-state index in [0.29, 0.717) is 33.7 Å². The molecular weight excluding hydrogens is 321 g/mol. The van der Waals surface area contributed by atoms with Gasteiger partial charge in [-0.15, -0.1) is 0 Å². The molecule has 0 aliphatic rings. The van der Waals surface area contributed by atoms with Crippen LogP contribution in [0.3, 0.4) is 0 Å². The molecule has 3 heterocycles. The summed E-state index contributed by atoms with van der Waals surface area (Å²) in [7, 11) is 0. The number of aromatic nitrogens is 3. The molecule has 0 radical (unpaired) electrons. The molecule has 0 saturated carbocycles. The summed E-state index contributed by atoms with van der Waals surface area (Å²) in [6.07, 6.45) is 1.53. The second kappa shape index (κ2) is 5.46. The summed E-state index contributed by atoms with van der Waals surface area (Å²) >= 11 is 0. The van der Waals surface area contributed by atoms with Gasteiger partial charge in [-0.3, -0.25) is 0 Å². The van der Waals surface area contributed by atoms with Crippen LogP contribution in [0, 0.1) is 24.1 Å². The second-order valence-corrected chi connectivity index (χ2v) is 5.51. The van der Waals surface area contributed by atoms with Gasteiger partial charge in [0.15, 0.2) is 5.65 Å². The van der Waals surface area contributed by atoms with Crippen molar-refractivity contribution in [1.29, 1.82) is 5.26 Å². The highest BCUT2D eigenvalue weighted by atomic mass is 19.1. The summed E-state index contributed by atoms with van der Waals surface area (Å²) in [4.78, 5) is 4.36. The number of nitrogens with zero attached hydrogens (tertiary/aromatic N) is 4. The largest absolute Gasteiger partial charge is 0.464 e. The van der Waals surface area contributed by atoms with Crippen LogP contribution in [0.4, 0.5) is 10.2 Å². The highest BCUT2D eigenvalue weighted by Gasteiger charge is 2.23. The van der Waals surface area contributed by atoms with E-state index >= 15 is 0 Å². The van der Waals surface area contributed by atoms with Crippen LogP contribution in [0.1, 0.15) is 11.3 Å². The summed E-state index contributed by atoms with van der Waals surface area (Å²) < 4.78 is 20.3. The monoisotopic (exact) mass is 333 g/mol. The van der Waals surface area contributed by atoms with Gasteiger partial charge in [-0.05, 0) is 43.3 Å². The van der Waals surface area contributed by atoms with Gasteiger partial charge in [0.2, 0.25) is 0 Å². The Hall–Kier alpha value is -3.66. The molecule has 2 N–H and O–H groups in total. The number of halogens is 1. The first kappa shape index (κ1) is 14.9. The maximum Gasteiger partial charge on any atom is 0.166 e. The van der Waals surface area contributed by atoms with Crippen LogP contribution in [-0.2, 0) is 0 Å². The maximum absolute atomic E-state index is 13.2. The topological polar surface area (TPSA) is 93.7 Å². The third kappa shape index (κ3) is 2.23. The average molecular weight is 333 g/mol. The van der Waals surface area contributed by atoms with Crippen molar-refractivity contribution in [3.63, 3.8) is 0 Å². The maximum atomic E-state index is 13.2. The first-order valence-corrected chi connectivity index (χ1v) is 7.49. The van der Waals surface area contributed by atoms with Crippen LogP contribution in [0.2, 0.25) is 0 Å².